The van der Waals surface area contributed by atoms with Crippen LogP contribution in [0, 0.1) is 6.92 Å². The smallest absolute Gasteiger partial charge is 0.283 e. The highest BCUT2D eigenvalue weighted by Gasteiger charge is 2.13. The van der Waals surface area contributed by atoms with Crippen molar-refractivity contribution >= 4 is 28.6 Å². The van der Waals surface area contributed by atoms with Gasteiger partial charge in [0.25, 0.3) is 5.91 Å². The molecular weight excluding hydrogens is 288 g/mol. The topological polar surface area (TPSA) is 89.6 Å². The lowest BCUT2D eigenvalue weighted by atomic mass is 10.2. The fourth-order valence-corrected chi connectivity index (χ4v) is 2.38. The molecule has 0 aliphatic rings. The van der Waals surface area contributed by atoms with Gasteiger partial charge in [0.1, 0.15) is 10.6 Å². The van der Waals surface area contributed by atoms with Gasteiger partial charge in [-0.05, 0) is 43.7 Å². The van der Waals surface area contributed by atoms with Crippen molar-refractivity contribution in [1.29, 1.82) is 0 Å². The molecule has 21 heavy (non-hydrogen) atoms. The van der Waals surface area contributed by atoms with Crippen LogP contribution in [0.2, 0.25) is 0 Å². The average molecular weight is 304 g/mol. The molecule has 0 spiro atoms. The second-order valence-corrected chi connectivity index (χ2v) is 5.20. The summed E-state index contributed by atoms with van der Waals surface area (Å²) in [7, 11) is 0. The zero-order valence-corrected chi connectivity index (χ0v) is 12.6. The van der Waals surface area contributed by atoms with Crippen LogP contribution in [0.1, 0.15) is 27.9 Å². The van der Waals surface area contributed by atoms with Crippen molar-refractivity contribution in [2.24, 2.45) is 5.10 Å². The van der Waals surface area contributed by atoms with E-state index in [-0.39, 0.29) is 5.91 Å². The highest BCUT2D eigenvalue weighted by Crippen LogP contribution is 2.19. The molecule has 0 atom stereocenters. The number of aryl methyl sites for hydroxylation is 1. The van der Waals surface area contributed by atoms with Gasteiger partial charge < -0.3 is 10.5 Å². The van der Waals surface area contributed by atoms with Crippen LogP contribution in [0.3, 0.4) is 0 Å². The van der Waals surface area contributed by atoms with Crippen LogP contribution in [0.15, 0.2) is 29.4 Å². The molecular formula is C14H16N4O2S. The number of nitrogen functional groups attached to an aromatic ring is 1. The van der Waals surface area contributed by atoms with Gasteiger partial charge in [0.2, 0.25) is 0 Å². The predicted molar refractivity (Wildman–Crippen MR) is 83.9 cm³/mol. The monoisotopic (exact) mass is 304 g/mol. The van der Waals surface area contributed by atoms with Crippen molar-refractivity contribution in [1.82, 2.24) is 10.4 Å². The number of carbonyl (C=O) groups excluding carboxylic acids is 1. The van der Waals surface area contributed by atoms with Crippen molar-refractivity contribution in [2.45, 2.75) is 13.8 Å². The van der Waals surface area contributed by atoms with E-state index in [4.69, 9.17) is 10.5 Å². The van der Waals surface area contributed by atoms with Gasteiger partial charge in [-0.2, -0.15) is 5.10 Å². The van der Waals surface area contributed by atoms with E-state index in [9.17, 15) is 4.79 Å². The molecule has 0 saturated carbocycles. The first-order valence-corrected chi connectivity index (χ1v) is 7.21. The number of ether oxygens (including phenoxy) is 1. The van der Waals surface area contributed by atoms with Crippen LogP contribution < -0.4 is 15.9 Å². The Bertz CT molecular complexity index is 649. The number of amides is 1. The molecule has 0 aliphatic carbocycles. The molecule has 1 amide bonds. The van der Waals surface area contributed by atoms with E-state index in [0.717, 1.165) is 22.6 Å². The molecule has 0 fully saturated rings. The van der Waals surface area contributed by atoms with Gasteiger partial charge in [-0.25, -0.2) is 10.4 Å². The van der Waals surface area contributed by atoms with E-state index in [0.29, 0.717) is 22.3 Å². The van der Waals surface area contributed by atoms with Gasteiger partial charge in [-0.1, -0.05) is 11.3 Å². The molecule has 0 saturated heterocycles. The first-order valence-electron chi connectivity index (χ1n) is 6.39. The van der Waals surface area contributed by atoms with Crippen molar-refractivity contribution < 1.29 is 9.53 Å². The minimum atomic E-state index is -0.316. The Morgan fingerprint density at radius 2 is 2.19 bits per heavy atom. The fraction of sp³-hybridized carbons (Fsp3) is 0.214. The third-order valence-corrected chi connectivity index (χ3v) is 3.58. The SMILES string of the molecule is CCOc1ccc(/C=N\NC(=O)c2sc(N)nc2C)cc1. The van der Waals surface area contributed by atoms with Gasteiger partial charge in [-0.15, -0.1) is 0 Å². The van der Waals surface area contributed by atoms with E-state index in [2.05, 4.69) is 15.5 Å². The molecule has 7 heteroatoms. The Hall–Kier alpha value is -2.41. The number of carbonyl (C=O) groups is 1. The third-order valence-electron chi connectivity index (χ3n) is 2.59. The summed E-state index contributed by atoms with van der Waals surface area (Å²) in [6.07, 6.45) is 1.56. The number of anilines is 1. The highest BCUT2D eigenvalue weighted by molar-refractivity contribution is 7.17. The number of thiazole rings is 1. The van der Waals surface area contributed by atoms with Crippen LogP contribution in [0.25, 0.3) is 0 Å². The van der Waals surface area contributed by atoms with Gasteiger partial charge in [0.05, 0.1) is 18.5 Å². The number of rotatable bonds is 5. The molecule has 6 nitrogen and oxygen atoms in total. The summed E-state index contributed by atoms with van der Waals surface area (Å²) in [6, 6.07) is 7.41. The van der Waals surface area contributed by atoms with Gasteiger partial charge in [-0.3, -0.25) is 4.79 Å². The summed E-state index contributed by atoms with van der Waals surface area (Å²) >= 11 is 1.14. The summed E-state index contributed by atoms with van der Waals surface area (Å²) in [5, 5.41) is 4.29. The van der Waals surface area contributed by atoms with E-state index >= 15 is 0 Å². The quantitative estimate of drug-likeness (QED) is 0.654. The van der Waals surface area contributed by atoms with Crippen molar-refractivity contribution in [3.05, 3.63) is 40.4 Å². The van der Waals surface area contributed by atoms with E-state index in [1.165, 1.54) is 0 Å². The van der Waals surface area contributed by atoms with E-state index < -0.39 is 0 Å². The lowest BCUT2D eigenvalue weighted by Gasteiger charge is -2.02. The number of aromatic nitrogens is 1. The molecule has 0 aliphatic heterocycles. The Morgan fingerprint density at radius 3 is 2.76 bits per heavy atom. The van der Waals surface area contributed by atoms with Crippen LogP contribution in [0.4, 0.5) is 5.13 Å². The second-order valence-electron chi connectivity index (χ2n) is 4.17. The van der Waals surface area contributed by atoms with E-state index in [1.807, 2.05) is 31.2 Å². The standard InChI is InChI=1S/C14H16N4O2S/c1-3-20-11-6-4-10(5-7-11)8-16-18-13(19)12-9(2)17-14(15)21-12/h4-8H,3H2,1-2H3,(H2,15,17)(H,18,19)/b16-8-. The molecule has 2 aromatic rings. The maximum absolute atomic E-state index is 11.9. The number of hydrogen-bond acceptors (Lipinski definition) is 6. The second kappa shape index (κ2) is 6.85. The Balaban J connectivity index is 1.95. The van der Waals surface area contributed by atoms with Crippen LogP contribution in [-0.4, -0.2) is 23.7 Å². The highest BCUT2D eigenvalue weighted by atomic mass is 32.1. The first kappa shape index (κ1) is 15.0. The van der Waals surface area contributed by atoms with E-state index in [1.54, 1.807) is 13.1 Å². The molecule has 0 radical (unpaired) electrons. The largest absolute Gasteiger partial charge is 0.494 e. The number of nitrogens with two attached hydrogens (primary N) is 1. The average Bonchev–Trinajstić information content (AvgIpc) is 2.80. The summed E-state index contributed by atoms with van der Waals surface area (Å²) < 4.78 is 5.35. The maximum Gasteiger partial charge on any atom is 0.283 e. The Kier molecular flexibility index (Phi) is 4.89. The Labute approximate surface area is 126 Å². The van der Waals surface area contributed by atoms with Gasteiger partial charge in [0, 0.05) is 0 Å². The summed E-state index contributed by atoms with van der Waals surface area (Å²) in [6.45, 7) is 4.29. The third kappa shape index (κ3) is 4.03. The van der Waals surface area contributed by atoms with Crippen LogP contribution >= 0.6 is 11.3 Å². The molecule has 0 unspecified atom stereocenters. The lowest BCUT2D eigenvalue weighted by molar-refractivity contribution is 0.0958. The van der Waals surface area contributed by atoms with Crippen LogP contribution in [-0.2, 0) is 0 Å². The molecule has 3 N–H and O–H groups in total. The lowest BCUT2D eigenvalue weighted by Crippen LogP contribution is -2.17. The van der Waals surface area contributed by atoms with Gasteiger partial charge in [0.15, 0.2) is 5.13 Å². The van der Waals surface area contributed by atoms with Crippen molar-refractivity contribution in [3.63, 3.8) is 0 Å². The van der Waals surface area contributed by atoms with Crippen molar-refractivity contribution in [2.75, 3.05) is 12.3 Å². The normalized spacial score (nSPS) is 10.8. The number of hydrogen-bond donors (Lipinski definition) is 2. The zero-order chi connectivity index (χ0) is 15.2. The molecule has 1 heterocycles. The summed E-state index contributed by atoms with van der Waals surface area (Å²) in [5.74, 6) is 0.485. The minimum Gasteiger partial charge on any atom is -0.494 e. The Morgan fingerprint density at radius 1 is 1.48 bits per heavy atom. The fourth-order valence-electron chi connectivity index (χ4n) is 1.66. The zero-order valence-electron chi connectivity index (χ0n) is 11.8. The van der Waals surface area contributed by atoms with Crippen LogP contribution in [0.5, 0.6) is 5.75 Å². The maximum atomic E-state index is 11.9. The number of benzene rings is 1. The molecule has 0 bridgehead atoms. The minimum absolute atomic E-state index is 0.316. The number of nitrogens with one attached hydrogen (secondary N) is 1. The van der Waals surface area contributed by atoms with Gasteiger partial charge >= 0.3 is 0 Å². The molecule has 1 aromatic carbocycles. The summed E-state index contributed by atoms with van der Waals surface area (Å²) in [5.41, 5.74) is 9.47. The summed E-state index contributed by atoms with van der Waals surface area (Å²) in [4.78, 5) is 16.3. The first-order chi connectivity index (χ1) is 10.1. The molecule has 2 rings (SSSR count). The molecule has 1 aromatic heterocycles. The predicted octanol–water partition coefficient (Wildman–Crippen LogP) is 2.20. The van der Waals surface area contributed by atoms with Crippen molar-refractivity contribution in [3.8, 4) is 5.75 Å². The number of nitrogens with zero attached hydrogens (tertiary/aromatic N) is 2. The molecule has 110 valence electrons. The number of hydrazone groups is 1.